The van der Waals surface area contributed by atoms with E-state index in [1.165, 1.54) is 22.9 Å². The molecular formula is C25H23BrClN3OS. The predicted octanol–water partition coefficient (Wildman–Crippen LogP) is 7.36. The fourth-order valence-corrected chi connectivity index (χ4v) is 5.27. The number of amides is 1. The van der Waals surface area contributed by atoms with Gasteiger partial charge in [-0.2, -0.15) is 0 Å². The van der Waals surface area contributed by atoms with Crippen LogP contribution < -0.4 is 0 Å². The summed E-state index contributed by atoms with van der Waals surface area (Å²) < 4.78 is 3.05. The molecule has 0 radical (unpaired) electrons. The average Bonchev–Trinajstić information content (AvgIpc) is 3.14. The summed E-state index contributed by atoms with van der Waals surface area (Å²) in [5.41, 5.74) is 7.55. The van der Waals surface area contributed by atoms with Gasteiger partial charge in [-0.3, -0.25) is 9.69 Å². The van der Waals surface area contributed by atoms with E-state index >= 15 is 0 Å². The first-order valence-corrected chi connectivity index (χ1v) is 12.1. The van der Waals surface area contributed by atoms with Gasteiger partial charge in [-0.15, -0.1) is 0 Å². The van der Waals surface area contributed by atoms with Gasteiger partial charge in [-0.05, 0) is 115 Å². The molecule has 32 heavy (non-hydrogen) atoms. The third-order valence-corrected chi connectivity index (χ3v) is 7.65. The second kappa shape index (κ2) is 8.93. The molecule has 0 spiro atoms. The number of halogens is 2. The molecule has 164 valence electrons. The number of carbonyl (C=O) groups excluding carboxylic acids is 1. The number of thioether (sulfide) groups is 1. The quantitative estimate of drug-likeness (QED) is 0.333. The van der Waals surface area contributed by atoms with Gasteiger partial charge < -0.3 is 4.57 Å². The molecule has 1 fully saturated rings. The van der Waals surface area contributed by atoms with Crippen molar-refractivity contribution in [3.05, 3.63) is 84.9 Å². The first-order valence-electron chi connectivity index (χ1n) is 10.1. The van der Waals surface area contributed by atoms with Gasteiger partial charge in [-0.1, -0.05) is 17.7 Å². The number of aryl methyl sites for hydroxylation is 3. The Hall–Kier alpha value is -2.28. The zero-order valence-electron chi connectivity index (χ0n) is 18.5. The van der Waals surface area contributed by atoms with E-state index in [4.69, 9.17) is 11.6 Å². The lowest BCUT2D eigenvalue weighted by molar-refractivity contribution is -0.121. The Morgan fingerprint density at radius 3 is 2.38 bits per heavy atom. The van der Waals surface area contributed by atoms with E-state index < -0.39 is 0 Å². The number of hydrogen-bond acceptors (Lipinski definition) is 3. The lowest BCUT2D eigenvalue weighted by Crippen LogP contribution is -2.23. The Morgan fingerprint density at radius 1 is 1.03 bits per heavy atom. The molecule has 2 aromatic carbocycles. The fourth-order valence-electron chi connectivity index (χ4n) is 3.87. The maximum absolute atomic E-state index is 12.9. The van der Waals surface area contributed by atoms with Crippen LogP contribution in [-0.2, 0) is 4.79 Å². The van der Waals surface area contributed by atoms with Crippen molar-refractivity contribution in [2.75, 3.05) is 7.05 Å². The van der Waals surface area contributed by atoms with Crippen molar-refractivity contribution in [3.63, 3.8) is 0 Å². The van der Waals surface area contributed by atoms with Gasteiger partial charge in [0.2, 0.25) is 0 Å². The van der Waals surface area contributed by atoms with E-state index in [1.54, 1.807) is 18.0 Å². The molecule has 7 heteroatoms. The summed E-state index contributed by atoms with van der Waals surface area (Å²) in [5.74, 6) is -0.0619. The minimum atomic E-state index is -0.0619. The highest BCUT2D eigenvalue weighted by molar-refractivity contribution is 9.10. The average molecular weight is 529 g/mol. The molecule has 0 atom stereocenters. The maximum Gasteiger partial charge on any atom is 0.266 e. The van der Waals surface area contributed by atoms with Crippen LogP contribution in [0.1, 0.15) is 28.1 Å². The molecule has 0 saturated carbocycles. The van der Waals surface area contributed by atoms with Crippen molar-refractivity contribution < 1.29 is 4.79 Å². The molecule has 0 N–H and O–H groups in total. The minimum Gasteiger partial charge on any atom is -0.318 e. The van der Waals surface area contributed by atoms with Crippen LogP contribution in [0, 0.1) is 27.7 Å². The number of rotatable bonds is 3. The lowest BCUT2D eigenvalue weighted by Gasteiger charge is -2.12. The van der Waals surface area contributed by atoms with E-state index in [-0.39, 0.29) is 5.91 Å². The SMILES string of the molecule is Cc1cc(C)cc(-n2c(C)cc(/C=C3\SC(=Nc4ccc(Br)c(Cl)c4)N(C)C3=O)c2C)c1. The van der Waals surface area contributed by atoms with E-state index in [2.05, 4.69) is 77.4 Å². The molecule has 0 unspecified atom stereocenters. The monoisotopic (exact) mass is 527 g/mol. The van der Waals surface area contributed by atoms with Crippen molar-refractivity contribution in [2.24, 2.45) is 4.99 Å². The summed E-state index contributed by atoms with van der Waals surface area (Å²) in [6, 6.07) is 14.1. The van der Waals surface area contributed by atoms with Gasteiger partial charge >= 0.3 is 0 Å². The van der Waals surface area contributed by atoms with E-state index in [9.17, 15) is 4.79 Å². The number of carbonyl (C=O) groups is 1. The minimum absolute atomic E-state index is 0.0619. The number of hydrogen-bond donors (Lipinski definition) is 0. The summed E-state index contributed by atoms with van der Waals surface area (Å²) in [6.45, 7) is 8.39. The summed E-state index contributed by atoms with van der Waals surface area (Å²) in [4.78, 5) is 19.8. The van der Waals surface area contributed by atoms with Crippen molar-refractivity contribution in [2.45, 2.75) is 27.7 Å². The number of amidine groups is 1. The molecule has 4 nitrogen and oxygen atoms in total. The molecule has 1 amide bonds. The maximum atomic E-state index is 12.9. The van der Waals surface area contributed by atoms with Gasteiger partial charge in [-0.25, -0.2) is 4.99 Å². The standard InChI is InChI=1S/C25H23BrClN3OS/c1-14-8-15(2)10-20(9-14)30-16(3)11-18(17(30)4)12-23-24(31)29(5)25(32-23)28-19-6-7-21(26)22(27)13-19/h6-13H,1-5H3/b23-12-,28-25?. The summed E-state index contributed by atoms with van der Waals surface area (Å²) >= 11 is 11.0. The molecular weight excluding hydrogens is 506 g/mol. The number of benzene rings is 2. The van der Waals surface area contributed by atoms with E-state index in [1.807, 2.05) is 18.2 Å². The Bertz CT molecular complexity index is 1290. The van der Waals surface area contributed by atoms with E-state index in [0.29, 0.717) is 20.8 Å². The van der Waals surface area contributed by atoms with Gasteiger partial charge in [0.1, 0.15) is 0 Å². The van der Waals surface area contributed by atoms with Crippen LogP contribution in [0.5, 0.6) is 0 Å². The zero-order valence-corrected chi connectivity index (χ0v) is 21.7. The molecule has 1 aromatic heterocycles. The fraction of sp³-hybridized carbons (Fsp3) is 0.200. The van der Waals surface area contributed by atoms with Crippen LogP contribution in [0.4, 0.5) is 5.69 Å². The Labute approximate surface area is 206 Å². The molecule has 1 saturated heterocycles. The highest BCUT2D eigenvalue weighted by atomic mass is 79.9. The number of likely N-dealkylation sites (N-methyl/N-ethyl adjacent to an activating group) is 1. The molecule has 1 aliphatic rings. The smallest absolute Gasteiger partial charge is 0.266 e. The van der Waals surface area contributed by atoms with Gasteiger partial charge in [0, 0.05) is 28.6 Å². The first kappa shape index (κ1) is 22.9. The molecule has 0 bridgehead atoms. The molecule has 0 aliphatic carbocycles. The van der Waals surface area contributed by atoms with Crippen molar-refractivity contribution in [3.8, 4) is 5.69 Å². The highest BCUT2D eigenvalue weighted by Gasteiger charge is 2.30. The van der Waals surface area contributed by atoms with Crippen molar-refractivity contribution >= 4 is 62.1 Å². The molecule has 4 rings (SSSR count). The first-order chi connectivity index (χ1) is 15.1. The Kier molecular flexibility index (Phi) is 6.39. The van der Waals surface area contributed by atoms with Crippen LogP contribution >= 0.6 is 39.3 Å². The second-order valence-corrected chi connectivity index (χ2v) is 10.2. The van der Waals surface area contributed by atoms with Crippen molar-refractivity contribution in [1.82, 2.24) is 9.47 Å². The molecule has 2 heterocycles. The van der Waals surface area contributed by atoms with Gasteiger partial charge in [0.05, 0.1) is 15.6 Å². The summed E-state index contributed by atoms with van der Waals surface area (Å²) in [7, 11) is 1.74. The normalized spacial score (nSPS) is 16.6. The summed E-state index contributed by atoms with van der Waals surface area (Å²) in [5, 5.41) is 1.21. The van der Waals surface area contributed by atoms with Gasteiger partial charge in [0.15, 0.2) is 5.17 Å². The molecule has 3 aromatic rings. The van der Waals surface area contributed by atoms with Crippen molar-refractivity contribution in [1.29, 1.82) is 0 Å². The van der Waals surface area contributed by atoms with Crippen LogP contribution in [0.3, 0.4) is 0 Å². The Balaban J connectivity index is 1.69. The van der Waals surface area contributed by atoms with Crippen LogP contribution in [0.25, 0.3) is 11.8 Å². The third kappa shape index (κ3) is 4.45. The largest absolute Gasteiger partial charge is 0.318 e. The van der Waals surface area contributed by atoms with Crippen LogP contribution in [0.2, 0.25) is 5.02 Å². The van der Waals surface area contributed by atoms with E-state index in [0.717, 1.165) is 27.1 Å². The number of aromatic nitrogens is 1. The highest BCUT2D eigenvalue weighted by Crippen LogP contribution is 2.35. The van der Waals surface area contributed by atoms with Crippen LogP contribution in [0.15, 0.2) is 56.8 Å². The zero-order chi connectivity index (χ0) is 23.2. The Morgan fingerprint density at radius 2 is 1.72 bits per heavy atom. The second-order valence-electron chi connectivity index (χ2n) is 7.98. The molecule has 1 aliphatic heterocycles. The van der Waals surface area contributed by atoms with Gasteiger partial charge in [0.25, 0.3) is 5.91 Å². The number of nitrogens with zero attached hydrogens (tertiary/aromatic N) is 3. The predicted molar refractivity (Wildman–Crippen MR) is 139 cm³/mol. The number of aliphatic imine (C=N–C) groups is 1. The lowest BCUT2D eigenvalue weighted by atomic mass is 10.1. The summed E-state index contributed by atoms with van der Waals surface area (Å²) in [6.07, 6.45) is 1.96. The third-order valence-electron chi connectivity index (χ3n) is 5.35. The van der Waals surface area contributed by atoms with Crippen LogP contribution in [-0.4, -0.2) is 27.6 Å². The topological polar surface area (TPSA) is 37.6 Å².